The number of imide groups is 1. The Morgan fingerprint density at radius 3 is 2.60 bits per heavy atom. The zero-order chi connectivity index (χ0) is 29.4. The number of phenolic OH excluding ortho intramolecular Hbond substituents is 1. The predicted molar refractivity (Wildman–Crippen MR) is 163 cm³/mol. The number of carbonyl (C=O) groups is 2. The van der Waals surface area contributed by atoms with E-state index >= 15 is 0 Å². The number of aliphatic hydroxyl groups excluding tert-OH is 1. The number of para-hydroxylation sites is 1. The van der Waals surface area contributed by atoms with E-state index in [1.807, 2.05) is 36.4 Å². The number of hydrogen-bond acceptors (Lipinski definition) is 7. The van der Waals surface area contributed by atoms with Crippen LogP contribution in [0.4, 0.5) is 5.69 Å². The van der Waals surface area contributed by atoms with E-state index in [0.29, 0.717) is 29.7 Å². The molecule has 8 nitrogen and oxygen atoms in total. The number of benzene rings is 2. The second-order valence-electron chi connectivity index (χ2n) is 10.9. The molecule has 3 aromatic rings. The Kier molecular flexibility index (Phi) is 8.14. The van der Waals surface area contributed by atoms with Crippen LogP contribution >= 0.6 is 15.9 Å². The molecular formula is C32H30BBrN2O6. The standard InChI is InChI=1S/C32H30BBrN2O6/c34-22-10-11-27(38)20(15-22)14-19(26-8-4-5-13-35-26)9-12-28-29-21(18-37)16-24-30(25(29)17-33(41)42-28)32(40)36(31(24)39)23-6-2-1-3-7-23/h1-8,10-11,13-15,24-25,28,30,37-38,41H,9,12,16-18H2/b19-14-/t24-,25+,28-,30-/m1/s1. The van der Waals surface area contributed by atoms with Gasteiger partial charge in [0.05, 0.1) is 35.9 Å². The van der Waals surface area contributed by atoms with E-state index in [1.54, 1.807) is 42.6 Å². The molecule has 6 rings (SSSR count). The third-order valence-electron chi connectivity index (χ3n) is 8.50. The van der Waals surface area contributed by atoms with Crippen LogP contribution in [0.3, 0.4) is 0 Å². The predicted octanol–water partition coefficient (Wildman–Crippen LogP) is 4.86. The number of fused-ring (bicyclic) bond motifs is 3. The maximum atomic E-state index is 13.8. The number of aromatic hydroxyl groups is 1. The van der Waals surface area contributed by atoms with Crippen molar-refractivity contribution in [2.75, 3.05) is 11.5 Å². The van der Waals surface area contributed by atoms with E-state index in [0.717, 1.165) is 21.3 Å². The second-order valence-corrected chi connectivity index (χ2v) is 11.9. The second kappa shape index (κ2) is 12.0. The van der Waals surface area contributed by atoms with Gasteiger partial charge in [0.2, 0.25) is 11.8 Å². The first-order chi connectivity index (χ1) is 20.4. The molecule has 2 saturated heterocycles. The molecule has 2 amide bonds. The lowest BCUT2D eigenvalue weighted by Gasteiger charge is -2.42. The quantitative estimate of drug-likeness (QED) is 0.194. The summed E-state index contributed by atoms with van der Waals surface area (Å²) in [5.74, 6) is -2.07. The zero-order valence-electron chi connectivity index (χ0n) is 22.8. The lowest BCUT2D eigenvalue weighted by molar-refractivity contribution is -0.122. The summed E-state index contributed by atoms with van der Waals surface area (Å²) in [5.41, 5.74) is 4.25. The molecule has 42 heavy (non-hydrogen) atoms. The van der Waals surface area contributed by atoms with Crippen molar-refractivity contribution in [2.24, 2.45) is 17.8 Å². The van der Waals surface area contributed by atoms with Crippen molar-refractivity contribution in [3.05, 3.63) is 99.8 Å². The average Bonchev–Trinajstić information content (AvgIpc) is 3.26. The van der Waals surface area contributed by atoms with Crippen molar-refractivity contribution in [3.63, 3.8) is 0 Å². The largest absolute Gasteiger partial charge is 0.507 e. The summed E-state index contributed by atoms with van der Waals surface area (Å²) >= 11 is 3.47. The molecule has 0 radical (unpaired) electrons. The maximum Gasteiger partial charge on any atom is 0.455 e. The highest BCUT2D eigenvalue weighted by atomic mass is 79.9. The highest BCUT2D eigenvalue weighted by Gasteiger charge is 2.57. The number of pyridine rings is 1. The van der Waals surface area contributed by atoms with Crippen molar-refractivity contribution in [3.8, 4) is 5.75 Å². The van der Waals surface area contributed by atoms with Gasteiger partial charge in [0.15, 0.2) is 0 Å². The average molecular weight is 629 g/mol. The summed E-state index contributed by atoms with van der Waals surface area (Å²) < 4.78 is 6.88. The number of nitrogens with zero attached hydrogens (tertiary/aromatic N) is 2. The van der Waals surface area contributed by atoms with Crippen LogP contribution in [0.2, 0.25) is 6.32 Å². The van der Waals surface area contributed by atoms with Gasteiger partial charge in [-0.2, -0.15) is 0 Å². The van der Waals surface area contributed by atoms with E-state index in [-0.39, 0.29) is 36.9 Å². The zero-order valence-corrected chi connectivity index (χ0v) is 24.4. The molecule has 0 spiro atoms. The Morgan fingerprint density at radius 1 is 1.07 bits per heavy atom. The molecule has 2 aliphatic heterocycles. The molecule has 0 unspecified atom stereocenters. The number of hydrogen-bond donors (Lipinski definition) is 3. The molecule has 2 fully saturated rings. The first-order valence-corrected chi connectivity index (χ1v) is 14.8. The SMILES string of the molecule is O=C1[C@@H]2[C@@H](CC(CO)=C3[C@@H](CC/C(=C/c4cc(Br)ccc4O)c4ccccn4)OB(O)C[C@@H]32)C(=O)N1c1ccccc1. The number of aromatic nitrogens is 1. The third kappa shape index (κ3) is 5.35. The van der Waals surface area contributed by atoms with Crippen molar-refractivity contribution in [2.45, 2.75) is 31.7 Å². The first kappa shape index (κ1) is 28.5. The van der Waals surface area contributed by atoms with Gasteiger partial charge in [-0.25, -0.2) is 0 Å². The molecule has 1 aromatic heterocycles. The summed E-state index contributed by atoms with van der Waals surface area (Å²) in [6, 6.07) is 19.7. The van der Waals surface area contributed by atoms with Gasteiger partial charge in [-0.15, -0.1) is 0 Å². The number of phenols is 1. The minimum absolute atomic E-state index is 0.131. The van der Waals surface area contributed by atoms with Crippen LogP contribution in [0.5, 0.6) is 5.75 Å². The normalized spacial score (nSPS) is 24.2. The molecule has 3 N–H and O–H groups in total. The lowest BCUT2D eigenvalue weighted by atomic mass is 9.58. The molecule has 214 valence electrons. The first-order valence-electron chi connectivity index (χ1n) is 14.0. The fraction of sp³-hybridized carbons (Fsp3) is 0.281. The molecule has 2 aromatic carbocycles. The number of aliphatic hydroxyl groups is 1. The van der Waals surface area contributed by atoms with E-state index in [4.69, 9.17) is 4.65 Å². The molecular weight excluding hydrogens is 599 g/mol. The highest BCUT2D eigenvalue weighted by Crippen LogP contribution is 2.51. The molecule has 4 atom stereocenters. The summed E-state index contributed by atoms with van der Waals surface area (Å²) in [5, 5.41) is 31.8. The summed E-state index contributed by atoms with van der Waals surface area (Å²) in [6.07, 6.45) is 4.37. The molecule has 10 heteroatoms. The van der Waals surface area contributed by atoms with Gasteiger partial charge in [-0.1, -0.05) is 40.2 Å². The minimum atomic E-state index is -1.12. The van der Waals surface area contributed by atoms with E-state index in [2.05, 4.69) is 20.9 Å². The van der Waals surface area contributed by atoms with Gasteiger partial charge in [-0.3, -0.25) is 19.5 Å². The Bertz CT molecular complexity index is 1560. The van der Waals surface area contributed by atoms with E-state index in [9.17, 15) is 24.8 Å². The smallest absolute Gasteiger partial charge is 0.455 e. The van der Waals surface area contributed by atoms with Crippen molar-refractivity contribution in [1.82, 2.24) is 4.98 Å². The molecule has 3 aliphatic rings. The van der Waals surface area contributed by atoms with Gasteiger partial charge in [-0.05, 0) is 96.8 Å². The number of allylic oxidation sites excluding steroid dienone is 1. The van der Waals surface area contributed by atoms with Crippen LogP contribution in [-0.2, 0) is 14.2 Å². The maximum absolute atomic E-state index is 13.8. The molecule has 0 saturated carbocycles. The number of anilines is 1. The third-order valence-corrected chi connectivity index (χ3v) is 9.00. The fourth-order valence-corrected chi connectivity index (χ4v) is 7.06. The number of halogens is 1. The lowest BCUT2D eigenvalue weighted by Crippen LogP contribution is -2.46. The van der Waals surface area contributed by atoms with E-state index < -0.39 is 31.0 Å². The number of rotatable bonds is 7. The van der Waals surface area contributed by atoms with Gasteiger partial charge in [0.1, 0.15) is 5.75 Å². The van der Waals surface area contributed by atoms with Crippen LogP contribution in [-0.4, -0.2) is 51.9 Å². The topological polar surface area (TPSA) is 120 Å². The molecule has 1 aliphatic carbocycles. The van der Waals surface area contributed by atoms with Gasteiger partial charge < -0.3 is 19.9 Å². The van der Waals surface area contributed by atoms with Crippen LogP contribution in [0.25, 0.3) is 11.6 Å². The van der Waals surface area contributed by atoms with Gasteiger partial charge in [0, 0.05) is 16.2 Å². The summed E-state index contributed by atoms with van der Waals surface area (Å²) in [4.78, 5) is 33.1. The van der Waals surface area contributed by atoms with Crippen molar-refractivity contribution < 1.29 is 29.5 Å². The molecule has 3 heterocycles. The van der Waals surface area contributed by atoms with Gasteiger partial charge >= 0.3 is 7.12 Å². The van der Waals surface area contributed by atoms with Gasteiger partial charge in [0.25, 0.3) is 0 Å². The monoisotopic (exact) mass is 628 g/mol. The Hall–Kier alpha value is -3.57. The van der Waals surface area contributed by atoms with Crippen LogP contribution in [0.1, 0.15) is 30.5 Å². The Labute approximate surface area is 252 Å². The molecule has 0 bridgehead atoms. The van der Waals surface area contributed by atoms with Crippen LogP contribution in [0, 0.1) is 17.8 Å². The summed E-state index contributed by atoms with van der Waals surface area (Å²) in [6.45, 7) is -0.257. The fourth-order valence-electron chi connectivity index (χ4n) is 6.68. The number of amides is 2. The van der Waals surface area contributed by atoms with Crippen LogP contribution < -0.4 is 4.90 Å². The minimum Gasteiger partial charge on any atom is -0.507 e. The van der Waals surface area contributed by atoms with Crippen molar-refractivity contribution >= 4 is 52.2 Å². The summed E-state index contributed by atoms with van der Waals surface area (Å²) in [7, 11) is -1.12. The Balaban J connectivity index is 1.32. The van der Waals surface area contributed by atoms with Crippen molar-refractivity contribution in [1.29, 1.82) is 0 Å². The Morgan fingerprint density at radius 2 is 1.86 bits per heavy atom. The van der Waals surface area contributed by atoms with Crippen LogP contribution in [0.15, 0.2) is 88.5 Å². The van der Waals surface area contributed by atoms with E-state index in [1.165, 1.54) is 4.90 Å². The highest BCUT2D eigenvalue weighted by molar-refractivity contribution is 9.10. The number of carbonyl (C=O) groups excluding carboxylic acids is 2.